The number of carbonyl (C=O) groups is 3. The summed E-state index contributed by atoms with van der Waals surface area (Å²) in [6.45, 7) is 15.3. The number of amides is 3. The third kappa shape index (κ3) is 11.7. The van der Waals surface area contributed by atoms with Crippen LogP contribution in [-0.2, 0) is 14.3 Å². The molecule has 0 heterocycles. The molecule has 9 heteroatoms. The van der Waals surface area contributed by atoms with E-state index in [1.165, 1.54) is 6.07 Å². The van der Waals surface area contributed by atoms with Gasteiger partial charge in [-0.1, -0.05) is 82.7 Å². The van der Waals surface area contributed by atoms with Crippen LogP contribution in [0.1, 0.15) is 109 Å². The van der Waals surface area contributed by atoms with Crippen LogP contribution >= 0.6 is 11.6 Å². The number of aromatic hydroxyl groups is 1. The Balaban J connectivity index is 2.60. The van der Waals surface area contributed by atoms with E-state index in [2.05, 4.69) is 17.6 Å². The van der Waals surface area contributed by atoms with Gasteiger partial charge in [0.05, 0.1) is 10.7 Å². The summed E-state index contributed by atoms with van der Waals surface area (Å²) in [5.74, 6) is -0.650. The molecule has 0 aliphatic rings. The summed E-state index contributed by atoms with van der Waals surface area (Å²) in [6.07, 6.45) is 5.65. The molecule has 0 aliphatic carbocycles. The van der Waals surface area contributed by atoms with E-state index in [1.807, 2.05) is 26.8 Å². The smallest absolute Gasteiger partial charge is 0.408 e. The minimum atomic E-state index is -1.05. The molecule has 8 nitrogen and oxygen atoms in total. The third-order valence-corrected chi connectivity index (χ3v) is 7.61. The second-order valence-electron chi connectivity index (χ2n) is 13.0. The van der Waals surface area contributed by atoms with Gasteiger partial charge in [0, 0.05) is 6.54 Å². The van der Waals surface area contributed by atoms with Crippen molar-refractivity contribution in [3.63, 3.8) is 0 Å². The van der Waals surface area contributed by atoms with Crippen molar-refractivity contribution in [2.75, 3.05) is 11.9 Å². The van der Waals surface area contributed by atoms with Crippen LogP contribution in [0.4, 0.5) is 10.5 Å². The maximum Gasteiger partial charge on any atom is 0.408 e. The molecule has 0 radical (unpaired) electrons. The van der Waals surface area contributed by atoms with Crippen molar-refractivity contribution >= 4 is 35.2 Å². The second-order valence-corrected chi connectivity index (χ2v) is 13.4. The predicted octanol–water partition coefficient (Wildman–Crippen LogP) is 8.47. The average Bonchev–Trinajstić information content (AvgIpc) is 2.91. The molecule has 0 bridgehead atoms. The lowest BCUT2D eigenvalue weighted by atomic mass is 9.97. The van der Waals surface area contributed by atoms with Crippen LogP contribution in [0.3, 0.4) is 0 Å². The number of unbranched alkanes of at least 4 members (excludes halogenated alkanes) is 5. The van der Waals surface area contributed by atoms with Crippen molar-refractivity contribution in [1.82, 2.24) is 10.2 Å². The van der Waals surface area contributed by atoms with E-state index in [0.717, 1.165) is 37.7 Å². The number of ether oxygens (including phenoxy) is 1. The van der Waals surface area contributed by atoms with Gasteiger partial charge in [-0.25, -0.2) is 4.79 Å². The van der Waals surface area contributed by atoms with Gasteiger partial charge in [0.15, 0.2) is 0 Å². The number of nitrogens with one attached hydrogen (secondary N) is 2. The summed E-state index contributed by atoms with van der Waals surface area (Å²) in [5.41, 5.74) is 1.63. The van der Waals surface area contributed by atoms with E-state index < -0.39 is 29.7 Å². The Morgan fingerprint density at radius 2 is 1.64 bits per heavy atom. The monoisotopic (exact) mass is 629 g/mol. The van der Waals surface area contributed by atoms with E-state index in [1.54, 1.807) is 56.9 Å². The van der Waals surface area contributed by atoms with E-state index in [-0.39, 0.29) is 17.6 Å². The molecular formula is C35H52ClN3O5. The van der Waals surface area contributed by atoms with Gasteiger partial charge in [-0.3, -0.25) is 9.59 Å². The highest BCUT2D eigenvalue weighted by molar-refractivity contribution is 6.34. The van der Waals surface area contributed by atoms with Gasteiger partial charge in [0.1, 0.15) is 23.4 Å². The van der Waals surface area contributed by atoms with Gasteiger partial charge < -0.3 is 25.4 Å². The Morgan fingerprint density at radius 3 is 2.23 bits per heavy atom. The average molecular weight is 630 g/mol. The first-order valence-electron chi connectivity index (χ1n) is 15.8. The number of hydrogen-bond donors (Lipinski definition) is 3. The maximum absolute atomic E-state index is 14.5. The first kappa shape index (κ1) is 36.9. The Hall–Kier alpha value is -3.26. The van der Waals surface area contributed by atoms with Crippen LogP contribution in [0, 0.1) is 19.8 Å². The van der Waals surface area contributed by atoms with Gasteiger partial charge >= 0.3 is 6.09 Å². The van der Waals surface area contributed by atoms with Crippen LogP contribution in [0.25, 0.3) is 0 Å². The van der Waals surface area contributed by atoms with Gasteiger partial charge in [-0.2, -0.15) is 0 Å². The number of benzene rings is 2. The van der Waals surface area contributed by atoms with Crippen molar-refractivity contribution in [2.45, 2.75) is 118 Å². The number of phenolic OH excluding ortho intramolecular Hbond substituents is 1. The molecule has 2 aromatic carbocycles. The van der Waals surface area contributed by atoms with E-state index in [0.29, 0.717) is 41.2 Å². The molecule has 2 aromatic rings. The Kier molecular flexibility index (Phi) is 14.5. The van der Waals surface area contributed by atoms with E-state index >= 15 is 0 Å². The van der Waals surface area contributed by atoms with E-state index in [9.17, 15) is 19.5 Å². The van der Waals surface area contributed by atoms with Crippen molar-refractivity contribution in [2.24, 2.45) is 5.92 Å². The Morgan fingerprint density at radius 1 is 0.977 bits per heavy atom. The molecule has 2 atom stereocenters. The standard InChI is InChI=1S/C35H52ClN3O5/c1-9-10-11-12-13-14-20-39(33(42)28(21-23(2)3)37-34(43)44-35(6,7)8)31(26-18-19-29(40)25(5)22-26)32(41)38-30-24(4)16-15-17-27(30)36/h15-19,22-23,28,31,40H,9-14,20-21H2,1-8H3,(H,37,43)(H,38,41). The largest absolute Gasteiger partial charge is 0.508 e. The molecule has 0 aliphatic heterocycles. The molecule has 0 spiro atoms. The molecule has 0 aromatic heterocycles. The SMILES string of the molecule is CCCCCCCCN(C(=O)C(CC(C)C)NC(=O)OC(C)(C)C)C(C(=O)Nc1c(C)cccc1Cl)c1ccc(O)c(C)c1. The molecule has 0 saturated heterocycles. The Bertz CT molecular complexity index is 1240. The molecule has 3 N–H and O–H groups in total. The highest BCUT2D eigenvalue weighted by Crippen LogP contribution is 2.32. The fourth-order valence-electron chi connectivity index (χ4n) is 5.08. The van der Waals surface area contributed by atoms with Crippen molar-refractivity contribution in [1.29, 1.82) is 0 Å². The van der Waals surface area contributed by atoms with Gasteiger partial charge in [-0.15, -0.1) is 0 Å². The summed E-state index contributed by atoms with van der Waals surface area (Å²) >= 11 is 6.48. The molecule has 0 saturated carbocycles. The van der Waals surface area contributed by atoms with Crippen LogP contribution in [0.5, 0.6) is 5.75 Å². The number of halogens is 1. The van der Waals surface area contributed by atoms with Crippen LogP contribution in [-0.4, -0.2) is 46.1 Å². The highest BCUT2D eigenvalue weighted by Gasteiger charge is 2.37. The molecular weight excluding hydrogens is 578 g/mol. The summed E-state index contributed by atoms with van der Waals surface area (Å²) in [6, 6.07) is 8.30. The molecule has 2 rings (SSSR count). The minimum absolute atomic E-state index is 0.0729. The normalized spacial score (nSPS) is 12.9. The first-order chi connectivity index (χ1) is 20.6. The number of para-hydroxylation sites is 1. The summed E-state index contributed by atoms with van der Waals surface area (Å²) in [4.78, 5) is 43.2. The minimum Gasteiger partial charge on any atom is -0.508 e. The number of carbonyl (C=O) groups excluding carboxylic acids is 3. The van der Waals surface area contributed by atoms with Crippen LogP contribution < -0.4 is 10.6 Å². The second kappa shape index (κ2) is 17.3. The lowest BCUT2D eigenvalue weighted by Crippen LogP contribution is -2.53. The number of anilines is 1. The summed E-state index contributed by atoms with van der Waals surface area (Å²) < 4.78 is 5.50. The van der Waals surface area contributed by atoms with Crippen LogP contribution in [0.15, 0.2) is 36.4 Å². The van der Waals surface area contributed by atoms with Crippen molar-refractivity contribution < 1.29 is 24.2 Å². The fourth-order valence-corrected chi connectivity index (χ4v) is 5.34. The zero-order valence-electron chi connectivity index (χ0n) is 27.8. The maximum atomic E-state index is 14.5. The van der Waals surface area contributed by atoms with Gasteiger partial charge in [0.2, 0.25) is 5.91 Å². The lowest BCUT2D eigenvalue weighted by molar-refractivity contribution is -0.141. The summed E-state index contributed by atoms with van der Waals surface area (Å²) in [5, 5.41) is 16.4. The highest BCUT2D eigenvalue weighted by atomic mass is 35.5. The number of phenols is 1. The zero-order valence-corrected chi connectivity index (χ0v) is 28.5. The van der Waals surface area contributed by atoms with Crippen molar-refractivity contribution in [3.8, 4) is 5.75 Å². The lowest BCUT2D eigenvalue weighted by Gasteiger charge is -2.35. The van der Waals surface area contributed by atoms with Gasteiger partial charge in [0.25, 0.3) is 5.91 Å². The Labute approximate surface area is 268 Å². The number of alkyl carbamates (subject to hydrolysis) is 1. The van der Waals surface area contributed by atoms with Crippen LogP contribution in [0.2, 0.25) is 5.02 Å². The fraction of sp³-hybridized carbons (Fsp3) is 0.571. The number of rotatable bonds is 15. The topological polar surface area (TPSA) is 108 Å². The zero-order chi connectivity index (χ0) is 33.0. The third-order valence-electron chi connectivity index (χ3n) is 7.30. The molecule has 3 amide bonds. The summed E-state index contributed by atoms with van der Waals surface area (Å²) in [7, 11) is 0. The molecule has 0 fully saturated rings. The van der Waals surface area contributed by atoms with E-state index in [4.69, 9.17) is 16.3 Å². The van der Waals surface area contributed by atoms with Crippen molar-refractivity contribution in [3.05, 3.63) is 58.1 Å². The molecule has 244 valence electrons. The van der Waals surface area contributed by atoms with Gasteiger partial charge in [-0.05, 0) is 88.3 Å². The number of aryl methyl sites for hydroxylation is 2. The molecule has 2 unspecified atom stereocenters. The number of nitrogens with zero attached hydrogens (tertiary/aromatic N) is 1. The predicted molar refractivity (Wildman–Crippen MR) is 178 cm³/mol. The quantitative estimate of drug-likeness (QED) is 0.171. The number of hydrogen-bond acceptors (Lipinski definition) is 5. The molecule has 44 heavy (non-hydrogen) atoms. The first-order valence-corrected chi connectivity index (χ1v) is 16.2.